The third-order valence-electron chi connectivity index (χ3n) is 3.72. The van der Waals surface area contributed by atoms with E-state index in [9.17, 15) is 4.79 Å². The Morgan fingerprint density at radius 2 is 2.17 bits per heavy atom. The Hall–Kier alpha value is -0.680. The van der Waals surface area contributed by atoms with Crippen LogP contribution in [0, 0.1) is 0 Å². The van der Waals surface area contributed by atoms with Gasteiger partial charge in [-0.1, -0.05) is 19.3 Å². The molecule has 1 saturated carbocycles. The standard InChI is InChI=1S/C13H20BrN3O/c1-2-17-12(10(14)9-16-17)11(18)8-13(15)6-4-3-5-7-13/h9H,2-8,15H2,1H3. The number of halogens is 1. The molecule has 1 aliphatic rings. The van der Waals surface area contributed by atoms with Gasteiger partial charge in [-0.25, -0.2) is 0 Å². The summed E-state index contributed by atoms with van der Waals surface area (Å²) in [5.74, 6) is 0.102. The molecule has 100 valence electrons. The highest BCUT2D eigenvalue weighted by molar-refractivity contribution is 9.10. The maximum Gasteiger partial charge on any atom is 0.183 e. The zero-order valence-corrected chi connectivity index (χ0v) is 12.4. The molecule has 5 heteroatoms. The van der Waals surface area contributed by atoms with E-state index in [2.05, 4.69) is 21.0 Å². The second-order valence-electron chi connectivity index (χ2n) is 5.18. The molecule has 1 aromatic heterocycles. The normalized spacial score (nSPS) is 18.8. The van der Waals surface area contributed by atoms with E-state index in [-0.39, 0.29) is 11.3 Å². The van der Waals surface area contributed by atoms with Gasteiger partial charge in [0, 0.05) is 18.5 Å². The van der Waals surface area contributed by atoms with Crippen LogP contribution in [-0.2, 0) is 6.54 Å². The van der Waals surface area contributed by atoms with Crippen molar-refractivity contribution in [2.45, 2.75) is 57.5 Å². The topological polar surface area (TPSA) is 60.9 Å². The third kappa shape index (κ3) is 2.83. The van der Waals surface area contributed by atoms with Gasteiger partial charge in [-0.15, -0.1) is 0 Å². The van der Waals surface area contributed by atoms with Gasteiger partial charge in [0.1, 0.15) is 5.69 Å². The summed E-state index contributed by atoms with van der Waals surface area (Å²) in [4.78, 5) is 12.4. The lowest BCUT2D eigenvalue weighted by atomic mass is 9.79. The average Bonchev–Trinajstić information content (AvgIpc) is 2.70. The summed E-state index contributed by atoms with van der Waals surface area (Å²) in [5, 5.41) is 4.18. The molecular weight excluding hydrogens is 294 g/mol. The molecule has 0 amide bonds. The largest absolute Gasteiger partial charge is 0.325 e. The van der Waals surface area contributed by atoms with E-state index < -0.39 is 0 Å². The molecular formula is C13H20BrN3O. The van der Waals surface area contributed by atoms with Gasteiger partial charge >= 0.3 is 0 Å². The highest BCUT2D eigenvalue weighted by Gasteiger charge is 2.32. The molecule has 2 N–H and O–H groups in total. The summed E-state index contributed by atoms with van der Waals surface area (Å²) in [6.45, 7) is 2.68. The molecule has 2 rings (SSSR count). The number of carbonyl (C=O) groups is 1. The summed E-state index contributed by atoms with van der Waals surface area (Å²) < 4.78 is 2.51. The number of ketones is 1. The van der Waals surface area contributed by atoms with Crippen LogP contribution in [0.4, 0.5) is 0 Å². The Kier molecular flexibility index (Phi) is 4.22. The fourth-order valence-electron chi connectivity index (χ4n) is 2.72. The summed E-state index contributed by atoms with van der Waals surface area (Å²) in [6.07, 6.45) is 7.53. The van der Waals surface area contributed by atoms with Gasteiger partial charge < -0.3 is 5.73 Å². The van der Waals surface area contributed by atoms with Crippen LogP contribution in [-0.4, -0.2) is 21.1 Å². The van der Waals surface area contributed by atoms with Crippen LogP contribution in [0.2, 0.25) is 0 Å². The van der Waals surface area contributed by atoms with Crippen LogP contribution in [0.5, 0.6) is 0 Å². The van der Waals surface area contributed by atoms with Gasteiger partial charge in [0.15, 0.2) is 5.78 Å². The molecule has 0 radical (unpaired) electrons. The maximum atomic E-state index is 12.4. The molecule has 4 nitrogen and oxygen atoms in total. The molecule has 1 fully saturated rings. The van der Waals surface area contributed by atoms with Gasteiger partial charge in [0.25, 0.3) is 0 Å². The predicted octanol–water partition coefficient (Wildman–Crippen LogP) is 2.90. The van der Waals surface area contributed by atoms with Crippen LogP contribution in [0.25, 0.3) is 0 Å². The molecule has 0 spiro atoms. The zero-order chi connectivity index (χ0) is 13.2. The summed E-state index contributed by atoms with van der Waals surface area (Å²) in [6, 6.07) is 0. The van der Waals surface area contributed by atoms with E-state index in [4.69, 9.17) is 5.73 Å². The number of Topliss-reactive ketones (excluding diaryl/α,β-unsaturated/α-hetero) is 1. The van der Waals surface area contributed by atoms with Crippen molar-refractivity contribution in [3.8, 4) is 0 Å². The van der Waals surface area contributed by atoms with Gasteiger partial charge in [0.2, 0.25) is 0 Å². The minimum absolute atomic E-state index is 0.102. The van der Waals surface area contributed by atoms with Crippen molar-refractivity contribution >= 4 is 21.7 Å². The first-order valence-corrected chi connectivity index (χ1v) is 7.38. The highest BCUT2D eigenvalue weighted by atomic mass is 79.9. The molecule has 0 saturated heterocycles. The van der Waals surface area contributed by atoms with E-state index >= 15 is 0 Å². The number of hydrogen-bond donors (Lipinski definition) is 1. The summed E-state index contributed by atoms with van der Waals surface area (Å²) in [7, 11) is 0. The van der Waals surface area contributed by atoms with Crippen molar-refractivity contribution in [2.24, 2.45) is 5.73 Å². The highest BCUT2D eigenvalue weighted by Crippen LogP contribution is 2.30. The van der Waals surface area contributed by atoms with Crippen molar-refractivity contribution in [3.63, 3.8) is 0 Å². The predicted molar refractivity (Wildman–Crippen MR) is 74.6 cm³/mol. The van der Waals surface area contributed by atoms with Crippen molar-refractivity contribution in [3.05, 3.63) is 16.4 Å². The molecule has 0 aromatic carbocycles. The molecule has 0 aliphatic heterocycles. The van der Waals surface area contributed by atoms with Crippen LogP contribution in [0.15, 0.2) is 10.7 Å². The molecule has 1 heterocycles. The summed E-state index contributed by atoms with van der Waals surface area (Å²) >= 11 is 3.40. The first-order valence-electron chi connectivity index (χ1n) is 6.59. The first-order chi connectivity index (χ1) is 8.56. The third-order valence-corrected chi connectivity index (χ3v) is 4.30. The fraction of sp³-hybridized carbons (Fsp3) is 0.692. The molecule has 1 aliphatic carbocycles. The zero-order valence-electron chi connectivity index (χ0n) is 10.8. The maximum absolute atomic E-state index is 12.4. The summed E-state index contributed by atoms with van der Waals surface area (Å²) in [5.41, 5.74) is 6.69. The number of aromatic nitrogens is 2. The van der Waals surface area contributed by atoms with E-state index in [0.717, 1.165) is 30.2 Å². The van der Waals surface area contributed by atoms with Gasteiger partial charge in [-0.2, -0.15) is 5.10 Å². The molecule has 0 bridgehead atoms. The Labute approximate surface area is 116 Å². The monoisotopic (exact) mass is 313 g/mol. The van der Waals surface area contributed by atoms with E-state index in [1.807, 2.05) is 6.92 Å². The van der Waals surface area contributed by atoms with Crippen LogP contribution in [0.1, 0.15) is 55.9 Å². The van der Waals surface area contributed by atoms with E-state index in [1.54, 1.807) is 10.9 Å². The smallest absolute Gasteiger partial charge is 0.183 e. The number of nitrogens with two attached hydrogens (primary N) is 1. The van der Waals surface area contributed by atoms with Crippen molar-refractivity contribution < 1.29 is 4.79 Å². The lowest BCUT2D eigenvalue weighted by Gasteiger charge is -2.32. The Balaban J connectivity index is 2.13. The van der Waals surface area contributed by atoms with Crippen molar-refractivity contribution in [1.29, 1.82) is 0 Å². The van der Waals surface area contributed by atoms with Crippen LogP contribution in [0.3, 0.4) is 0 Å². The Morgan fingerprint density at radius 3 is 2.78 bits per heavy atom. The van der Waals surface area contributed by atoms with Crippen LogP contribution >= 0.6 is 15.9 Å². The molecule has 18 heavy (non-hydrogen) atoms. The Bertz CT molecular complexity index is 435. The molecule has 0 atom stereocenters. The number of rotatable bonds is 4. The number of aryl methyl sites for hydroxylation is 1. The lowest BCUT2D eigenvalue weighted by molar-refractivity contribution is 0.0923. The minimum Gasteiger partial charge on any atom is -0.325 e. The first kappa shape index (κ1) is 13.7. The fourth-order valence-corrected chi connectivity index (χ4v) is 3.23. The number of nitrogens with zero attached hydrogens (tertiary/aromatic N) is 2. The van der Waals surface area contributed by atoms with E-state index in [1.165, 1.54) is 6.42 Å². The van der Waals surface area contributed by atoms with Gasteiger partial charge in [-0.05, 0) is 35.7 Å². The van der Waals surface area contributed by atoms with Gasteiger partial charge in [0.05, 0.1) is 10.7 Å². The van der Waals surface area contributed by atoms with Crippen molar-refractivity contribution in [2.75, 3.05) is 0 Å². The number of carbonyl (C=O) groups excluding carboxylic acids is 1. The van der Waals surface area contributed by atoms with Crippen LogP contribution < -0.4 is 5.73 Å². The molecule has 1 aromatic rings. The SMILES string of the molecule is CCn1ncc(Br)c1C(=O)CC1(N)CCCCC1. The second-order valence-corrected chi connectivity index (χ2v) is 6.03. The second kappa shape index (κ2) is 5.53. The van der Waals surface area contributed by atoms with Gasteiger partial charge in [-0.3, -0.25) is 9.48 Å². The van der Waals surface area contributed by atoms with Crippen molar-refractivity contribution in [1.82, 2.24) is 9.78 Å². The quantitative estimate of drug-likeness (QED) is 0.869. The minimum atomic E-state index is -0.308. The molecule has 0 unspecified atom stereocenters. The Morgan fingerprint density at radius 1 is 1.50 bits per heavy atom. The lowest BCUT2D eigenvalue weighted by Crippen LogP contribution is -2.43. The average molecular weight is 314 g/mol. The number of hydrogen-bond acceptors (Lipinski definition) is 3. The van der Waals surface area contributed by atoms with E-state index in [0.29, 0.717) is 18.7 Å².